The molecule has 0 fully saturated rings. The molecule has 0 amide bonds. The lowest BCUT2D eigenvalue weighted by molar-refractivity contribution is 0.534. The number of benzene rings is 2. The van der Waals surface area contributed by atoms with Gasteiger partial charge in [-0.25, -0.2) is 9.59 Å². The quantitative estimate of drug-likeness (QED) is 0.321. The van der Waals surface area contributed by atoms with Gasteiger partial charge in [-0.05, 0) is 18.2 Å². The van der Waals surface area contributed by atoms with Gasteiger partial charge in [0.1, 0.15) is 16.6 Å². The van der Waals surface area contributed by atoms with Gasteiger partial charge in [0.15, 0.2) is 5.58 Å². The minimum absolute atomic E-state index is 0.0290. The molecule has 0 aliphatic heterocycles. The molecule has 0 radical (unpaired) electrons. The second-order valence-corrected chi connectivity index (χ2v) is 5.28. The Morgan fingerprint density at radius 3 is 2.00 bits per heavy atom. The first kappa shape index (κ1) is 12.2. The van der Waals surface area contributed by atoms with Gasteiger partial charge in [-0.15, -0.1) is 0 Å². The van der Waals surface area contributed by atoms with E-state index in [0.717, 1.165) is 0 Å². The van der Waals surface area contributed by atoms with Gasteiger partial charge in [0.2, 0.25) is 5.58 Å². The molecule has 0 bridgehead atoms. The van der Waals surface area contributed by atoms with Crippen LogP contribution in [0, 0.1) is 0 Å². The van der Waals surface area contributed by atoms with E-state index in [4.69, 9.17) is 13.3 Å². The predicted molar refractivity (Wildman–Crippen MR) is 85.8 cm³/mol. The van der Waals surface area contributed by atoms with Crippen LogP contribution in [0.2, 0.25) is 0 Å². The molecule has 23 heavy (non-hydrogen) atoms. The van der Waals surface area contributed by atoms with Crippen LogP contribution in [-0.2, 0) is 0 Å². The van der Waals surface area contributed by atoms with Crippen LogP contribution in [-0.4, -0.2) is 0 Å². The lowest BCUT2D eigenvalue weighted by Crippen LogP contribution is -2.05. The van der Waals surface area contributed by atoms with Crippen LogP contribution in [0.15, 0.2) is 71.4 Å². The summed E-state index contributed by atoms with van der Waals surface area (Å²) in [6.07, 6.45) is 0. The van der Waals surface area contributed by atoms with Crippen LogP contribution >= 0.6 is 0 Å². The van der Waals surface area contributed by atoms with E-state index in [0.29, 0.717) is 27.3 Å². The van der Waals surface area contributed by atoms with E-state index in [1.54, 1.807) is 42.5 Å². The van der Waals surface area contributed by atoms with Crippen LogP contribution in [0.4, 0.5) is 0 Å². The van der Waals surface area contributed by atoms with E-state index in [1.165, 1.54) is 0 Å². The molecule has 0 saturated carbocycles. The molecule has 5 nitrogen and oxygen atoms in total. The van der Waals surface area contributed by atoms with E-state index in [2.05, 4.69) is 0 Å². The van der Waals surface area contributed by atoms with Crippen molar-refractivity contribution < 1.29 is 13.3 Å². The fourth-order valence-electron chi connectivity index (χ4n) is 3.02. The lowest BCUT2D eigenvalue weighted by atomic mass is 10.1. The summed E-state index contributed by atoms with van der Waals surface area (Å²) >= 11 is 0. The van der Waals surface area contributed by atoms with Crippen molar-refractivity contribution in [2.24, 2.45) is 0 Å². The normalized spacial score (nSPS) is 11.8. The molecule has 0 saturated heterocycles. The number of fused-ring (bicyclic) bond motifs is 7. The third-order valence-corrected chi connectivity index (χ3v) is 3.99. The van der Waals surface area contributed by atoms with Gasteiger partial charge in [-0.1, -0.05) is 30.3 Å². The molecule has 0 spiro atoms. The summed E-state index contributed by atoms with van der Waals surface area (Å²) in [7, 11) is 0. The van der Waals surface area contributed by atoms with Crippen molar-refractivity contribution in [3.63, 3.8) is 0 Å². The number of furan rings is 1. The average molecular weight is 304 g/mol. The highest BCUT2D eigenvalue weighted by atomic mass is 16.4. The Hall–Kier alpha value is -3.34. The zero-order valence-corrected chi connectivity index (χ0v) is 11.7. The molecule has 3 aromatic heterocycles. The molecule has 5 aromatic rings. The number of para-hydroxylation sites is 2. The largest absolute Gasteiger partial charge is 0.448 e. The molecule has 2 aromatic carbocycles. The molecular formula is C18H8O5. The first-order valence-corrected chi connectivity index (χ1v) is 7.04. The van der Waals surface area contributed by atoms with E-state index >= 15 is 0 Å². The van der Waals surface area contributed by atoms with Crippen molar-refractivity contribution in [1.29, 1.82) is 0 Å². The smallest absolute Gasteiger partial charge is 0.380 e. The maximum atomic E-state index is 12.5. The Morgan fingerprint density at radius 2 is 1.22 bits per heavy atom. The highest BCUT2D eigenvalue weighted by Gasteiger charge is 2.20. The molecule has 0 N–H and O–H groups in total. The third-order valence-electron chi connectivity index (χ3n) is 3.99. The molecule has 110 valence electrons. The summed E-state index contributed by atoms with van der Waals surface area (Å²) < 4.78 is 16.3. The van der Waals surface area contributed by atoms with Gasteiger partial charge in [0, 0.05) is 5.39 Å². The first-order valence-electron chi connectivity index (χ1n) is 7.04. The summed E-state index contributed by atoms with van der Waals surface area (Å²) in [6.45, 7) is 0. The van der Waals surface area contributed by atoms with Crippen LogP contribution < -0.4 is 11.3 Å². The Morgan fingerprint density at radius 1 is 0.565 bits per heavy atom. The van der Waals surface area contributed by atoms with Crippen molar-refractivity contribution in [3.05, 3.63) is 69.4 Å². The van der Waals surface area contributed by atoms with Crippen LogP contribution in [0.3, 0.4) is 0 Å². The number of hydrogen-bond acceptors (Lipinski definition) is 5. The minimum Gasteiger partial charge on any atom is -0.448 e. The van der Waals surface area contributed by atoms with Crippen LogP contribution in [0.5, 0.6) is 0 Å². The van der Waals surface area contributed by atoms with E-state index < -0.39 is 11.3 Å². The fraction of sp³-hybridized carbons (Fsp3) is 0. The highest BCUT2D eigenvalue weighted by Crippen LogP contribution is 2.33. The summed E-state index contributed by atoms with van der Waals surface area (Å²) in [6, 6.07) is 14.1. The maximum absolute atomic E-state index is 12.5. The predicted octanol–water partition coefficient (Wildman–Crippen LogP) is 3.80. The molecule has 0 aliphatic rings. The van der Waals surface area contributed by atoms with Gasteiger partial charge < -0.3 is 13.3 Å². The molecule has 0 unspecified atom stereocenters. The summed E-state index contributed by atoms with van der Waals surface area (Å²) in [4.78, 5) is 24.8. The van der Waals surface area contributed by atoms with Crippen molar-refractivity contribution in [1.82, 2.24) is 0 Å². The van der Waals surface area contributed by atoms with E-state index in [9.17, 15) is 9.59 Å². The molecule has 0 atom stereocenters. The van der Waals surface area contributed by atoms with Crippen LogP contribution in [0.1, 0.15) is 0 Å². The molecular weight excluding hydrogens is 296 g/mol. The maximum Gasteiger partial charge on any atom is 0.380 e. The zero-order chi connectivity index (χ0) is 15.6. The Labute approximate surface area is 127 Å². The first-order chi connectivity index (χ1) is 11.2. The fourth-order valence-corrected chi connectivity index (χ4v) is 3.02. The minimum atomic E-state index is -0.612. The second-order valence-electron chi connectivity index (χ2n) is 5.28. The van der Waals surface area contributed by atoms with Crippen molar-refractivity contribution >= 4 is 43.9 Å². The third kappa shape index (κ3) is 1.51. The topological polar surface area (TPSA) is 73.6 Å². The zero-order valence-electron chi connectivity index (χ0n) is 11.7. The molecule has 5 rings (SSSR count). The second kappa shape index (κ2) is 4.10. The molecule has 0 aliphatic carbocycles. The SMILES string of the molecule is O=c1oc2c3ccccc3oc(=O)c2c2c1oc1ccccc12. The van der Waals surface area contributed by atoms with Crippen LogP contribution in [0.25, 0.3) is 43.9 Å². The number of rotatable bonds is 0. The Bertz CT molecular complexity index is 1350. The standard InChI is InChI=1S/C18H8O5/c19-17-14-13-9-5-1-3-7-11(9)21-16(13)18(20)23-15(14)10-6-2-4-8-12(10)22-17/h1-8H. The van der Waals surface area contributed by atoms with Gasteiger partial charge in [-0.2, -0.15) is 0 Å². The monoisotopic (exact) mass is 304 g/mol. The Kier molecular flexibility index (Phi) is 2.18. The highest BCUT2D eigenvalue weighted by molar-refractivity contribution is 6.20. The number of hydrogen-bond donors (Lipinski definition) is 0. The molecule has 5 heteroatoms. The van der Waals surface area contributed by atoms with E-state index in [1.807, 2.05) is 6.07 Å². The van der Waals surface area contributed by atoms with Gasteiger partial charge in [0.05, 0.1) is 10.8 Å². The van der Waals surface area contributed by atoms with Gasteiger partial charge >= 0.3 is 11.3 Å². The van der Waals surface area contributed by atoms with Gasteiger partial charge in [-0.3, -0.25) is 0 Å². The van der Waals surface area contributed by atoms with Crippen molar-refractivity contribution in [3.8, 4) is 0 Å². The Balaban J connectivity index is 2.23. The van der Waals surface area contributed by atoms with E-state index in [-0.39, 0.29) is 16.6 Å². The average Bonchev–Trinajstić information content (AvgIpc) is 2.95. The lowest BCUT2D eigenvalue weighted by Gasteiger charge is -2.01. The summed E-state index contributed by atoms with van der Waals surface area (Å²) in [5.74, 6) is 0. The summed E-state index contributed by atoms with van der Waals surface area (Å²) in [5.41, 5.74) is -0.0178. The summed E-state index contributed by atoms with van der Waals surface area (Å²) in [5, 5.41) is 1.92. The molecule has 3 heterocycles. The van der Waals surface area contributed by atoms with Crippen molar-refractivity contribution in [2.45, 2.75) is 0 Å². The van der Waals surface area contributed by atoms with Gasteiger partial charge in [0.25, 0.3) is 0 Å². The van der Waals surface area contributed by atoms with Crippen molar-refractivity contribution in [2.75, 3.05) is 0 Å².